The van der Waals surface area contributed by atoms with Crippen molar-refractivity contribution >= 4 is 32.9 Å². The molecule has 4 N–H and O–H groups in total. The SMILES string of the molecule is O=C(NCCC(O)C(O)c1[nH]nc2cc(Br)ccc12)OCC1c2ccccc2-c2ccccc21. The van der Waals surface area contributed by atoms with Crippen molar-refractivity contribution in [1.82, 2.24) is 15.5 Å². The molecule has 3 aromatic carbocycles. The summed E-state index contributed by atoms with van der Waals surface area (Å²) in [5, 5.41) is 31.4. The first-order valence-corrected chi connectivity index (χ1v) is 11.9. The Hall–Kier alpha value is -3.20. The number of hydrogen-bond donors (Lipinski definition) is 4. The number of ether oxygens (including phenoxy) is 1. The monoisotopic (exact) mass is 521 g/mol. The van der Waals surface area contributed by atoms with E-state index >= 15 is 0 Å². The van der Waals surface area contributed by atoms with E-state index in [0.29, 0.717) is 11.2 Å². The number of aliphatic hydroxyl groups excluding tert-OH is 2. The van der Waals surface area contributed by atoms with Gasteiger partial charge in [-0.1, -0.05) is 64.5 Å². The van der Waals surface area contributed by atoms with Crippen LogP contribution >= 0.6 is 15.9 Å². The van der Waals surface area contributed by atoms with Crippen molar-refractivity contribution in [3.63, 3.8) is 0 Å². The predicted molar refractivity (Wildman–Crippen MR) is 132 cm³/mol. The summed E-state index contributed by atoms with van der Waals surface area (Å²) in [4.78, 5) is 12.3. The topological polar surface area (TPSA) is 107 Å². The molecule has 5 rings (SSSR count). The number of H-pyrrole nitrogens is 1. The van der Waals surface area contributed by atoms with Crippen molar-refractivity contribution in [2.45, 2.75) is 24.5 Å². The minimum Gasteiger partial charge on any atom is -0.449 e. The van der Waals surface area contributed by atoms with E-state index in [1.54, 1.807) is 0 Å². The lowest BCUT2D eigenvalue weighted by molar-refractivity contribution is 0.0119. The fourth-order valence-corrected chi connectivity index (χ4v) is 4.90. The van der Waals surface area contributed by atoms with Gasteiger partial charge in [-0.25, -0.2) is 4.79 Å². The number of carbonyl (C=O) groups is 1. The molecule has 174 valence electrons. The summed E-state index contributed by atoms with van der Waals surface area (Å²) in [7, 11) is 0. The van der Waals surface area contributed by atoms with Crippen molar-refractivity contribution in [1.29, 1.82) is 0 Å². The van der Waals surface area contributed by atoms with E-state index in [0.717, 1.165) is 21.0 Å². The van der Waals surface area contributed by atoms with E-state index < -0.39 is 18.3 Å². The molecule has 7 nitrogen and oxygen atoms in total. The molecular formula is C26H24BrN3O4. The van der Waals surface area contributed by atoms with E-state index in [9.17, 15) is 15.0 Å². The molecule has 1 heterocycles. The van der Waals surface area contributed by atoms with Crippen molar-refractivity contribution in [3.05, 3.63) is 88.0 Å². The zero-order valence-corrected chi connectivity index (χ0v) is 19.8. The van der Waals surface area contributed by atoms with Crippen LogP contribution in [0.3, 0.4) is 0 Å². The molecule has 1 amide bonds. The molecule has 8 heteroatoms. The van der Waals surface area contributed by atoms with Gasteiger partial charge in [0, 0.05) is 22.3 Å². The molecule has 0 aliphatic heterocycles. The molecule has 1 aromatic heterocycles. The third-order valence-corrected chi connectivity index (χ3v) is 6.75. The number of hydrogen-bond acceptors (Lipinski definition) is 5. The zero-order valence-electron chi connectivity index (χ0n) is 18.2. The Morgan fingerprint density at radius 2 is 1.74 bits per heavy atom. The summed E-state index contributed by atoms with van der Waals surface area (Å²) in [5.41, 5.74) is 5.76. The van der Waals surface area contributed by atoms with Gasteiger partial charge in [-0.15, -0.1) is 0 Å². The van der Waals surface area contributed by atoms with Crippen LogP contribution in [0.2, 0.25) is 0 Å². The summed E-state index contributed by atoms with van der Waals surface area (Å²) in [6, 6.07) is 21.8. The highest BCUT2D eigenvalue weighted by molar-refractivity contribution is 9.10. The summed E-state index contributed by atoms with van der Waals surface area (Å²) in [6.45, 7) is 0.382. The number of aromatic amines is 1. The normalized spacial score (nSPS) is 14.4. The molecule has 0 radical (unpaired) electrons. The third kappa shape index (κ3) is 4.32. The number of rotatable bonds is 7. The minimum absolute atomic E-state index is 0.0146. The molecular weight excluding hydrogens is 498 g/mol. The van der Waals surface area contributed by atoms with E-state index in [-0.39, 0.29) is 25.5 Å². The van der Waals surface area contributed by atoms with E-state index in [1.165, 1.54) is 11.1 Å². The second-order valence-corrected chi connectivity index (χ2v) is 9.27. The van der Waals surface area contributed by atoms with Gasteiger partial charge in [-0.3, -0.25) is 5.10 Å². The Morgan fingerprint density at radius 3 is 2.44 bits per heavy atom. The summed E-state index contributed by atoms with van der Waals surface area (Å²) >= 11 is 3.39. The Labute approximate surface area is 204 Å². The van der Waals surface area contributed by atoms with Crippen molar-refractivity contribution in [2.75, 3.05) is 13.2 Å². The number of carbonyl (C=O) groups excluding carboxylic acids is 1. The molecule has 1 aliphatic rings. The summed E-state index contributed by atoms with van der Waals surface area (Å²) in [6.07, 6.45) is -2.64. The van der Waals surface area contributed by atoms with Gasteiger partial charge >= 0.3 is 6.09 Å². The highest BCUT2D eigenvalue weighted by atomic mass is 79.9. The molecule has 0 saturated carbocycles. The standard InChI is InChI=1S/C26H24BrN3O4/c27-15-9-10-20-22(13-15)29-30-24(20)25(32)23(31)11-12-28-26(33)34-14-21-18-7-3-1-5-16(18)17-6-2-4-8-19(17)21/h1-10,13,21,23,25,31-32H,11-12,14H2,(H,28,33)(H,29,30). The lowest BCUT2D eigenvalue weighted by Gasteiger charge is -2.18. The number of amides is 1. The average Bonchev–Trinajstić information content (AvgIpc) is 3.41. The molecule has 1 aliphatic carbocycles. The fourth-order valence-electron chi connectivity index (χ4n) is 4.55. The second-order valence-electron chi connectivity index (χ2n) is 8.35. The molecule has 0 spiro atoms. The quantitative estimate of drug-likeness (QED) is 0.283. The maximum atomic E-state index is 12.3. The molecule has 4 aromatic rings. The zero-order chi connectivity index (χ0) is 23.7. The van der Waals surface area contributed by atoms with Crippen LogP contribution in [0.1, 0.15) is 35.3 Å². The molecule has 2 unspecified atom stereocenters. The van der Waals surface area contributed by atoms with Gasteiger partial charge in [-0.2, -0.15) is 5.10 Å². The van der Waals surface area contributed by atoms with Crippen LogP contribution in [0, 0.1) is 0 Å². The Morgan fingerprint density at radius 1 is 1.06 bits per heavy atom. The van der Waals surface area contributed by atoms with Crippen LogP contribution in [0.25, 0.3) is 22.0 Å². The van der Waals surface area contributed by atoms with Gasteiger partial charge < -0.3 is 20.3 Å². The predicted octanol–water partition coefficient (Wildman–Crippen LogP) is 4.65. The van der Waals surface area contributed by atoms with Crippen molar-refractivity contribution < 1.29 is 19.7 Å². The van der Waals surface area contributed by atoms with Gasteiger partial charge in [0.05, 0.1) is 17.3 Å². The van der Waals surface area contributed by atoms with Crippen LogP contribution in [0.5, 0.6) is 0 Å². The largest absolute Gasteiger partial charge is 0.449 e. The first kappa shape index (κ1) is 22.6. The number of nitrogens with zero attached hydrogens (tertiary/aromatic N) is 1. The Bertz CT molecular complexity index is 1290. The van der Waals surface area contributed by atoms with E-state index in [4.69, 9.17) is 4.74 Å². The van der Waals surface area contributed by atoms with Gasteiger partial charge in [0.25, 0.3) is 0 Å². The maximum Gasteiger partial charge on any atom is 0.407 e. The summed E-state index contributed by atoms with van der Waals surface area (Å²) < 4.78 is 6.38. The molecule has 34 heavy (non-hydrogen) atoms. The lowest BCUT2D eigenvalue weighted by atomic mass is 9.98. The number of alkyl carbamates (subject to hydrolysis) is 1. The van der Waals surface area contributed by atoms with Crippen LogP contribution in [-0.2, 0) is 4.74 Å². The number of halogens is 1. The Kier molecular flexibility index (Phi) is 6.36. The smallest absolute Gasteiger partial charge is 0.407 e. The number of benzene rings is 3. The van der Waals surface area contributed by atoms with Crippen LogP contribution in [0.4, 0.5) is 4.79 Å². The number of nitrogens with one attached hydrogen (secondary N) is 2. The highest BCUT2D eigenvalue weighted by Crippen LogP contribution is 2.44. The number of aromatic nitrogens is 2. The first-order valence-electron chi connectivity index (χ1n) is 11.1. The van der Waals surface area contributed by atoms with Gasteiger partial charge in [0.15, 0.2) is 0 Å². The highest BCUT2D eigenvalue weighted by Gasteiger charge is 2.29. The maximum absolute atomic E-state index is 12.3. The van der Waals surface area contributed by atoms with Gasteiger partial charge in [0.2, 0.25) is 0 Å². The molecule has 2 atom stereocenters. The van der Waals surface area contributed by atoms with Crippen LogP contribution in [-0.4, -0.2) is 45.8 Å². The van der Waals surface area contributed by atoms with Crippen molar-refractivity contribution in [2.24, 2.45) is 0 Å². The summed E-state index contributed by atoms with van der Waals surface area (Å²) in [5.74, 6) is -0.0146. The van der Waals surface area contributed by atoms with Crippen molar-refractivity contribution in [3.8, 4) is 11.1 Å². The average molecular weight is 522 g/mol. The number of aliphatic hydroxyl groups is 2. The van der Waals surface area contributed by atoms with Gasteiger partial charge in [0.1, 0.15) is 12.7 Å². The first-order chi connectivity index (χ1) is 16.5. The minimum atomic E-state index is -1.16. The molecule has 0 saturated heterocycles. The van der Waals surface area contributed by atoms with E-state index in [1.807, 2.05) is 42.5 Å². The second kappa shape index (κ2) is 9.58. The third-order valence-electron chi connectivity index (χ3n) is 6.26. The number of fused-ring (bicyclic) bond motifs is 4. The van der Waals surface area contributed by atoms with E-state index in [2.05, 4.69) is 55.7 Å². The van der Waals surface area contributed by atoms with Crippen LogP contribution < -0.4 is 5.32 Å². The van der Waals surface area contributed by atoms with Crippen LogP contribution in [0.15, 0.2) is 71.2 Å². The lowest BCUT2D eigenvalue weighted by Crippen LogP contribution is -2.30. The molecule has 0 bridgehead atoms. The Balaban J connectivity index is 1.14. The van der Waals surface area contributed by atoms with Gasteiger partial charge in [-0.05, 0) is 46.9 Å². The fraction of sp³-hybridized carbons (Fsp3) is 0.231. The molecule has 0 fully saturated rings.